The summed E-state index contributed by atoms with van der Waals surface area (Å²) < 4.78 is 25.7. The number of fused-ring (bicyclic) bond motifs is 1. The fraction of sp³-hybridized carbons (Fsp3) is 0.237. The molecule has 0 N–H and O–H groups in total. The Labute approximate surface area is 292 Å². The molecule has 12 heteroatoms. The first-order valence-corrected chi connectivity index (χ1v) is 17.0. The summed E-state index contributed by atoms with van der Waals surface area (Å²) in [7, 11) is 1.45. The Kier molecular flexibility index (Phi) is 10.1. The monoisotopic (exact) mass is 692 g/mol. The highest BCUT2D eigenvalue weighted by molar-refractivity contribution is 7.07. The van der Waals surface area contributed by atoms with E-state index in [1.807, 2.05) is 60.8 Å². The molecular formula is C38H36N4O7S. The number of para-hydroxylation sites is 1. The molecule has 0 aliphatic carbocycles. The van der Waals surface area contributed by atoms with Gasteiger partial charge in [0.15, 0.2) is 16.3 Å². The first-order valence-electron chi connectivity index (χ1n) is 16.2. The number of rotatable bonds is 11. The van der Waals surface area contributed by atoms with Gasteiger partial charge in [0, 0.05) is 24.2 Å². The molecule has 1 aliphatic heterocycles. The number of methoxy groups -OCH3 is 1. The lowest BCUT2D eigenvalue weighted by Gasteiger charge is -2.25. The molecule has 0 amide bonds. The predicted molar refractivity (Wildman–Crippen MR) is 189 cm³/mol. The van der Waals surface area contributed by atoms with Gasteiger partial charge in [0.2, 0.25) is 0 Å². The molecule has 0 saturated carbocycles. The number of nitrogens with zero attached hydrogens (tertiary/aromatic N) is 4. The van der Waals surface area contributed by atoms with Crippen molar-refractivity contribution in [2.75, 3.05) is 20.3 Å². The molecular weight excluding hydrogens is 657 g/mol. The average Bonchev–Trinajstić information content (AvgIpc) is 3.67. The lowest BCUT2D eigenvalue weighted by molar-refractivity contribution is -0.139. The summed E-state index contributed by atoms with van der Waals surface area (Å²) in [6.45, 7) is 7.55. The summed E-state index contributed by atoms with van der Waals surface area (Å²) in [5.74, 6) is 0.138. The minimum atomic E-state index is -0.894. The zero-order chi connectivity index (χ0) is 35.4. The van der Waals surface area contributed by atoms with Gasteiger partial charge in [-0.1, -0.05) is 42.5 Å². The number of carbonyl (C=O) groups is 2. The molecule has 3 aromatic carbocycles. The second-order valence-electron chi connectivity index (χ2n) is 11.4. The van der Waals surface area contributed by atoms with Crippen LogP contribution in [0.5, 0.6) is 17.2 Å². The second kappa shape index (κ2) is 14.8. The lowest BCUT2D eigenvalue weighted by atomic mass is 9.95. The molecule has 0 bridgehead atoms. The summed E-state index contributed by atoms with van der Waals surface area (Å²) >= 11 is 1.21. The van der Waals surface area contributed by atoms with Crippen LogP contribution < -0.4 is 29.1 Å². The number of aromatic nitrogens is 3. The van der Waals surface area contributed by atoms with Crippen LogP contribution >= 0.6 is 11.3 Å². The third-order valence-electron chi connectivity index (χ3n) is 7.92. The van der Waals surface area contributed by atoms with Crippen LogP contribution in [-0.2, 0) is 14.3 Å². The number of benzene rings is 3. The molecule has 0 saturated heterocycles. The van der Waals surface area contributed by atoms with E-state index in [9.17, 15) is 14.4 Å². The lowest BCUT2D eigenvalue weighted by Crippen LogP contribution is -2.40. The molecule has 6 rings (SSSR count). The fourth-order valence-corrected chi connectivity index (χ4v) is 6.74. The summed E-state index contributed by atoms with van der Waals surface area (Å²) in [4.78, 5) is 44.7. The topological polar surface area (TPSA) is 123 Å². The van der Waals surface area contributed by atoms with Gasteiger partial charge >= 0.3 is 11.9 Å². The van der Waals surface area contributed by atoms with Gasteiger partial charge in [0.1, 0.15) is 11.4 Å². The highest BCUT2D eigenvalue weighted by Gasteiger charge is 2.34. The smallest absolute Gasteiger partial charge is 0.338 e. The average molecular weight is 693 g/mol. The molecule has 11 nitrogen and oxygen atoms in total. The fourth-order valence-electron chi connectivity index (χ4n) is 5.70. The number of thiazole rings is 1. The maximum absolute atomic E-state index is 14.4. The van der Waals surface area contributed by atoms with Crippen LogP contribution in [-0.4, -0.2) is 46.6 Å². The van der Waals surface area contributed by atoms with E-state index < -0.39 is 18.0 Å². The van der Waals surface area contributed by atoms with Crippen molar-refractivity contribution < 1.29 is 28.5 Å². The van der Waals surface area contributed by atoms with E-state index in [1.165, 1.54) is 29.9 Å². The van der Waals surface area contributed by atoms with Gasteiger partial charge in [-0.25, -0.2) is 14.5 Å². The van der Waals surface area contributed by atoms with Crippen molar-refractivity contribution in [1.82, 2.24) is 14.3 Å². The SMILES string of the molecule is CCCOc1ccc(-c2nn(-c3ccccc3)cc2/C=c2/sc3n(c2=O)[C@H](c2ccc(OC(C)=O)c(OC)c2)C(C(=O)OCC)=C(C)N=3)cc1. The van der Waals surface area contributed by atoms with Crippen molar-refractivity contribution in [3.63, 3.8) is 0 Å². The maximum Gasteiger partial charge on any atom is 0.338 e. The molecule has 1 aliphatic rings. The van der Waals surface area contributed by atoms with E-state index >= 15 is 0 Å². The highest BCUT2D eigenvalue weighted by atomic mass is 32.1. The highest BCUT2D eigenvalue weighted by Crippen LogP contribution is 2.36. The largest absolute Gasteiger partial charge is 0.494 e. The first-order chi connectivity index (χ1) is 24.2. The standard InChI is InChI=1S/C38H36N4O7S/c1-6-19-48-29-16-13-25(14-17-29)34-27(22-41(40-34)28-11-9-8-10-12-28)21-32-36(44)42-35(26-15-18-30(49-24(4)43)31(20-26)46-5)33(37(45)47-7-2)23(3)39-38(42)50-32/h8-18,20-22,35H,6-7,19H2,1-5H3/b32-21+/t35-/m1/s1. The first kappa shape index (κ1) is 34.1. The number of esters is 2. The Morgan fingerprint density at radius 1 is 1.00 bits per heavy atom. The third-order valence-corrected chi connectivity index (χ3v) is 8.91. The molecule has 0 fully saturated rings. The molecule has 50 heavy (non-hydrogen) atoms. The van der Waals surface area contributed by atoms with E-state index in [1.54, 1.807) is 42.8 Å². The number of carbonyl (C=O) groups excluding carboxylic acids is 2. The van der Waals surface area contributed by atoms with Crippen LogP contribution in [0.15, 0.2) is 100 Å². The number of allylic oxidation sites excluding steroid dienone is 1. The summed E-state index contributed by atoms with van der Waals surface area (Å²) in [5, 5.41) is 4.93. The minimum absolute atomic E-state index is 0.140. The van der Waals surface area contributed by atoms with Gasteiger partial charge < -0.3 is 18.9 Å². The molecule has 1 atom stereocenters. The van der Waals surface area contributed by atoms with Crippen molar-refractivity contribution in [3.05, 3.63) is 121 Å². The summed E-state index contributed by atoms with van der Waals surface area (Å²) in [6, 6.07) is 21.5. The van der Waals surface area contributed by atoms with Gasteiger partial charge in [0.05, 0.1) is 47.9 Å². The number of hydrogen-bond donors (Lipinski definition) is 0. The maximum atomic E-state index is 14.4. The Balaban J connectivity index is 1.52. The number of hydrogen-bond acceptors (Lipinski definition) is 10. The molecule has 0 radical (unpaired) electrons. The van der Waals surface area contributed by atoms with Crippen LogP contribution in [0.1, 0.15) is 51.3 Å². The van der Waals surface area contributed by atoms with Gasteiger partial charge in [0.25, 0.3) is 5.56 Å². The van der Waals surface area contributed by atoms with Crippen molar-refractivity contribution in [2.45, 2.75) is 40.2 Å². The van der Waals surface area contributed by atoms with E-state index in [-0.39, 0.29) is 29.2 Å². The van der Waals surface area contributed by atoms with Crippen molar-refractivity contribution in [2.24, 2.45) is 4.99 Å². The quantitative estimate of drug-likeness (QED) is 0.134. The zero-order valence-electron chi connectivity index (χ0n) is 28.3. The molecule has 256 valence electrons. The Bertz CT molecular complexity index is 2270. The Morgan fingerprint density at radius 3 is 2.44 bits per heavy atom. The number of ether oxygens (including phenoxy) is 4. The van der Waals surface area contributed by atoms with Crippen LogP contribution in [0.25, 0.3) is 23.0 Å². The molecule has 0 spiro atoms. The molecule has 5 aromatic rings. The third kappa shape index (κ3) is 6.88. The molecule has 0 unspecified atom stereocenters. The minimum Gasteiger partial charge on any atom is -0.494 e. The van der Waals surface area contributed by atoms with Crippen LogP contribution in [0.2, 0.25) is 0 Å². The van der Waals surface area contributed by atoms with Gasteiger partial charge in [-0.2, -0.15) is 5.10 Å². The van der Waals surface area contributed by atoms with Crippen molar-refractivity contribution in [3.8, 4) is 34.2 Å². The van der Waals surface area contributed by atoms with E-state index in [0.717, 1.165) is 23.4 Å². The van der Waals surface area contributed by atoms with E-state index in [2.05, 4.69) is 6.92 Å². The second-order valence-corrected chi connectivity index (χ2v) is 12.4. The Morgan fingerprint density at radius 2 is 1.76 bits per heavy atom. The van der Waals surface area contributed by atoms with Crippen LogP contribution in [0, 0.1) is 0 Å². The van der Waals surface area contributed by atoms with Gasteiger partial charge in [-0.15, -0.1) is 0 Å². The van der Waals surface area contributed by atoms with E-state index in [4.69, 9.17) is 29.0 Å². The van der Waals surface area contributed by atoms with Gasteiger partial charge in [-0.3, -0.25) is 14.2 Å². The van der Waals surface area contributed by atoms with Crippen LogP contribution in [0.4, 0.5) is 0 Å². The van der Waals surface area contributed by atoms with Crippen molar-refractivity contribution in [1.29, 1.82) is 0 Å². The molecule has 3 heterocycles. The van der Waals surface area contributed by atoms with E-state index in [0.29, 0.717) is 38.5 Å². The van der Waals surface area contributed by atoms with Crippen LogP contribution in [0.3, 0.4) is 0 Å². The summed E-state index contributed by atoms with van der Waals surface area (Å²) in [6.07, 6.45) is 4.59. The van der Waals surface area contributed by atoms with Crippen molar-refractivity contribution >= 4 is 29.4 Å². The Hall–Kier alpha value is -5.75. The zero-order valence-corrected chi connectivity index (χ0v) is 29.2. The normalized spacial score (nSPS) is 14.2. The summed E-state index contributed by atoms with van der Waals surface area (Å²) in [5.41, 5.74) is 3.94. The molecule has 2 aromatic heterocycles. The predicted octanol–water partition coefficient (Wildman–Crippen LogP) is 5.37. The van der Waals surface area contributed by atoms with Gasteiger partial charge in [-0.05, 0) is 80.4 Å².